The zero-order chi connectivity index (χ0) is 25.4. The fourth-order valence-electron chi connectivity index (χ4n) is 3.85. The van der Waals surface area contributed by atoms with Gasteiger partial charge >= 0.3 is 7.82 Å². The highest BCUT2D eigenvalue weighted by Crippen LogP contribution is 2.45. The molecule has 1 saturated carbocycles. The number of phosphoric ester groups is 1. The molecular weight excluding hydrogens is 527 g/mol. The molecule has 0 saturated heterocycles. The highest BCUT2D eigenvalue weighted by atomic mass is 35.5. The second-order valence-corrected chi connectivity index (χ2v) is 11.1. The van der Waals surface area contributed by atoms with Crippen molar-refractivity contribution in [2.45, 2.75) is 18.9 Å². The number of phosphoric acid groups is 1. The number of aromatic nitrogens is 2. The van der Waals surface area contributed by atoms with Crippen LogP contribution in [0.4, 0.5) is 0 Å². The van der Waals surface area contributed by atoms with Gasteiger partial charge in [-0.15, -0.1) is 11.3 Å². The molecule has 0 spiro atoms. The van der Waals surface area contributed by atoms with Gasteiger partial charge in [0.15, 0.2) is 11.5 Å². The Morgan fingerprint density at radius 3 is 2.58 bits per heavy atom. The van der Waals surface area contributed by atoms with Crippen LogP contribution in [0.2, 0.25) is 5.02 Å². The molecule has 188 valence electrons. The highest BCUT2D eigenvalue weighted by molar-refractivity contribution is 7.46. The number of ether oxygens (including phenoxy) is 2. The van der Waals surface area contributed by atoms with Crippen LogP contribution in [0.5, 0.6) is 11.5 Å². The van der Waals surface area contributed by atoms with E-state index >= 15 is 0 Å². The molecule has 0 radical (unpaired) electrons. The van der Waals surface area contributed by atoms with E-state index < -0.39 is 13.9 Å². The third-order valence-corrected chi connectivity index (χ3v) is 7.77. The Balaban J connectivity index is 1.41. The Kier molecular flexibility index (Phi) is 6.91. The molecule has 2 aromatic carbocycles. The van der Waals surface area contributed by atoms with E-state index in [1.54, 1.807) is 30.3 Å². The van der Waals surface area contributed by atoms with Gasteiger partial charge in [0.25, 0.3) is 5.56 Å². The summed E-state index contributed by atoms with van der Waals surface area (Å²) in [4.78, 5) is 37.0. The molecule has 1 atom stereocenters. The van der Waals surface area contributed by atoms with Crippen LogP contribution in [0, 0.1) is 5.92 Å². The molecule has 0 amide bonds. The molecule has 0 aliphatic heterocycles. The number of benzene rings is 2. The Bertz CT molecular complexity index is 1510. The topological polar surface area (TPSA) is 120 Å². The van der Waals surface area contributed by atoms with Crippen molar-refractivity contribution in [2.24, 2.45) is 5.92 Å². The van der Waals surface area contributed by atoms with Crippen LogP contribution in [-0.4, -0.2) is 39.2 Å². The summed E-state index contributed by atoms with van der Waals surface area (Å²) < 4.78 is 29.4. The van der Waals surface area contributed by atoms with E-state index in [9.17, 15) is 9.36 Å². The monoisotopic (exact) mass is 548 g/mol. The smallest absolute Gasteiger partial charge is 0.469 e. The summed E-state index contributed by atoms with van der Waals surface area (Å²) in [6, 6.07) is 14.2. The number of thiophene rings is 1. The van der Waals surface area contributed by atoms with Gasteiger partial charge in [0.05, 0.1) is 18.3 Å². The average Bonchev–Trinajstić information content (AvgIpc) is 3.60. The van der Waals surface area contributed by atoms with Crippen molar-refractivity contribution in [2.75, 3.05) is 13.7 Å². The molecular formula is C24H22ClN2O7PS. The fourth-order valence-corrected chi connectivity index (χ4v) is 5.60. The van der Waals surface area contributed by atoms with Gasteiger partial charge in [-0.3, -0.25) is 13.9 Å². The molecule has 0 unspecified atom stereocenters. The highest BCUT2D eigenvalue weighted by Gasteiger charge is 2.37. The Hall–Kier alpha value is -2.72. The van der Waals surface area contributed by atoms with E-state index in [0.29, 0.717) is 32.4 Å². The summed E-state index contributed by atoms with van der Waals surface area (Å²) in [5, 5.41) is 0.638. The van der Waals surface area contributed by atoms with Crippen molar-refractivity contribution >= 4 is 41.0 Å². The second-order valence-electron chi connectivity index (χ2n) is 8.37. The number of nitrogens with zero attached hydrogens (tertiary/aromatic N) is 2. The maximum absolute atomic E-state index is 13.3. The maximum atomic E-state index is 13.3. The first-order chi connectivity index (χ1) is 17.2. The summed E-state index contributed by atoms with van der Waals surface area (Å²) in [6.45, 7) is -0.0401. The van der Waals surface area contributed by atoms with Gasteiger partial charge < -0.3 is 19.3 Å². The molecule has 2 aromatic heterocycles. The fraction of sp³-hybridized carbons (Fsp3) is 0.250. The van der Waals surface area contributed by atoms with Gasteiger partial charge in [-0.05, 0) is 54.7 Å². The molecule has 2 heterocycles. The van der Waals surface area contributed by atoms with Crippen molar-refractivity contribution in [3.63, 3.8) is 0 Å². The lowest BCUT2D eigenvalue weighted by Gasteiger charge is -2.19. The number of hydrogen-bond donors (Lipinski definition) is 2. The van der Waals surface area contributed by atoms with E-state index in [0.717, 1.165) is 23.3 Å². The molecule has 2 N–H and O–H groups in total. The van der Waals surface area contributed by atoms with E-state index in [1.807, 2.05) is 18.2 Å². The summed E-state index contributed by atoms with van der Waals surface area (Å²) in [7, 11) is -3.16. The zero-order valence-electron chi connectivity index (χ0n) is 19.0. The minimum atomic E-state index is -4.63. The van der Waals surface area contributed by atoms with E-state index in [4.69, 9.17) is 35.4 Å². The Labute approximate surface area is 215 Å². The van der Waals surface area contributed by atoms with Crippen molar-refractivity contribution < 1.29 is 28.3 Å². The van der Waals surface area contributed by atoms with Gasteiger partial charge in [-0.2, -0.15) is 0 Å². The molecule has 9 nitrogen and oxygen atoms in total. The van der Waals surface area contributed by atoms with Crippen LogP contribution in [0.25, 0.3) is 26.3 Å². The van der Waals surface area contributed by atoms with E-state index in [1.165, 1.54) is 29.3 Å². The molecule has 1 aliphatic rings. The maximum Gasteiger partial charge on any atom is 0.469 e. The van der Waals surface area contributed by atoms with Crippen molar-refractivity contribution in [3.8, 4) is 27.6 Å². The van der Waals surface area contributed by atoms with Crippen LogP contribution in [0.3, 0.4) is 0 Å². The lowest BCUT2D eigenvalue weighted by atomic mass is 10.2. The molecule has 36 heavy (non-hydrogen) atoms. The van der Waals surface area contributed by atoms with Gasteiger partial charge in [0.1, 0.15) is 23.7 Å². The lowest BCUT2D eigenvalue weighted by molar-refractivity contribution is 0.0742. The lowest BCUT2D eigenvalue weighted by Crippen LogP contribution is -2.23. The first kappa shape index (κ1) is 25.0. The van der Waals surface area contributed by atoms with Crippen LogP contribution in [0.15, 0.2) is 59.7 Å². The first-order valence-electron chi connectivity index (χ1n) is 11.0. The molecule has 4 aromatic rings. The average molecular weight is 549 g/mol. The SMILES string of the molecule is COc1cc(-n2cnc3cc(-c4ccc(Cl)cc4)sc3c2=O)ccc1OC[C@H](OP(=O)(O)O)C1CC1. The Morgan fingerprint density at radius 2 is 1.92 bits per heavy atom. The molecule has 1 fully saturated rings. The number of rotatable bonds is 9. The van der Waals surface area contributed by atoms with Crippen molar-refractivity contribution in [1.82, 2.24) is 9.55 Å². The van der Waals surface area contributed by atoms with Gasteiger partial charge in [0, 0.05) is 16.0 Å². The van der Waals surface area contributed by atoms with Crippen LogP contribution >= 0.6 is 30.8 Å². The van der Waals surface area contributed by atoms with Crippen LogP contribution < -0.4 is 15.0 Å². The van der Waals surface area contributed by atoms with Crippen molar-refractivity contribution in [3.05, 3.63) is 70.2 Å². The first-order valence-corrected chi connectivity index (χ1v) is 13.8. The van der Waals surface area contributed by atoms with E-state index in [-0.39, 0.29) is 18.1 Å². The number of fused-ring (bicyclic) bond motifs is 1. The quantitative estimate of drug-likeness (QED) is 0.279. The normalized spacial score (nSPS) is 14.7. The third kappa shape index (κ3) is 5.49. The molecule has 1 aliphatic carbocycles. The molecule has 5 rings (SSSR count). The summed E-state index contributed by atoms with van der Waals surface area (Å²) in [5.41, 5.74) is 1.87. The second kappa shape index (κ2) is 9.97. The standard InChI is InChI=1S/C24H22ClN2O7PS/c1-32-20-10-17(8-9-19(20)33-12-21(14-2-3-14)34-35(29,30)31)27-13-26-18-11-22(36-23(18)24(27)28)15-4-6-16(25)7-5-15/h4-11,13-14,21H,2-3,12H2,1H3,(H2,29,30,31)/t21-/m0/s1. The summed E-state index contributed by atoms with van der Waals surface area (Å²) >= 11 is 7.34. The predicted molar refractivity (Wildman–Crippen MR) is 137 cm³/mol. The van der Waals surface area contributed by atoms with Crippen LogP contribution in [0.1, 0.15) is 12.8 Å². The zero-order valence-corrected chi connectivity index (χ0v) is 21.5. The number of methoxy groups -OCH3 is 1. The number of hydrogen-bond acceptors (Lipinski definition) is 7. The van der Waals surface area contributed by atoms with Gasteiger partial charge in [-0.1, -0.05) is 23.7 Å². The van der Waals surface area contributed by atoms with Crippen LogP contribution in [-0.2, 0) is 9.09 Å². The number of halogens is 1. The minimum Gasteiger partial charge on any atom is -0.493 e. The van der Waals surface area contributed by atoms with Gasteiger partial charge in [0.2, 0.25) is 0 Å². The van der Waals surface area contributed by atoms with Crippen molar-refractivity contribution in [1.29, 1.82) is 0 Å². The third-order valence-electron chi connectivity index (χ3n) is 5.82. The predicted octanol–water partition coefficient (Wildman–Crippen LogP) is 5.04. The Morgan fingerprint density at radius 1 is 1.17 bits per heavy atom. The molecule has 0 bridgehead atoms. The largest absolute Gasteiger partial charge is 0.493 e. The summed E-state index contributed by atoms with van der Waals surface area (Å²) in [5.74, 6) is 0.769. The van der Waals surface area contributed by atoms with E-state index in [2.05, 4.69) is 4.98 Å². The minimum absolute atomic E-state index is 0.0401. The summed E-state index contributed by atoms with van der Waals surface area (Å²) in [6.07, 6.45) is 2.39. The molecule has 12 heteroatoms. The van der Waals surface area contributed by atoms with Gasteiger partial charge in [-0.25, -0.2) is 9.55 Å².